The summed E-state index contributed by atoms with van der Waals surface area (Å²) in [7, 11) is 1.84. The molecule has 0 saturated heterocycles. The number of hydrogen-bond donors (Lipinski definition) is 0. The summed E-state index contributed by atoms with van der Waals surface area (Å²) in [5.41, 5.74) is 4.38. The molecular weight excluding hydrogens is 485 g/mol. The molecule has 0 N–H and O–H groups in total. The van der Waals surface area contributed by atoms with E-state index in [0.717, 1.165) is 24.1 Å². The standard InChI is InChI=1S/C21H29N5O2.C8H5FO/c1-6-9-22-18-13-26(10-8-16(18)14(3)4)21(27)19-17(7-2)24-20(28-19)15-11-23-25(5)12-15;9-7-2-1-3-8-6(7)4-5-10-8/h9,11-12,14H,6-8,10,13H2,1-5H3;1-5H. The highest BCUT2D eigenvalue weighted by Crippen LogP contribution is 2.28. The second-order valence-corrected chi connectivity index (χ2v) is 9.45. The molecular formula is C29H34FN5O3. The lowest BCUT2D eigenvalue weighted by Gasteiger charge is -2.30. The van der Waals surface area contributed by atoms with Crippen LogP contribution in [0.25, 0.3) is 22.4 Å². The fourth-order valence-electron chi connectivity index (χ4n) is 4.40. The Bertz CT molecular complexity index is 1460. The third-order valence-corrected chi connectivity index (χ3v) is 6.40. The third kappa shape index (κ3) is 5.93. The lowest BCUT2D eigenvalue weighted by Crippen LogP contribution is -2.37. The van der Waals surface area contributed by atoms with Crippen LogP contribution in [0.1, 0.15) is 56.8 Å². The largest absolute Gasteiger partial charge is 0.464 e. The number of carbonyl (C=O) groups is 1. The number of carbonyl (C=O) groups excluding carboxylic acids is 1. The van der Waals surface area contributed by atoms with E-state index in [9.17, 15) is 9.18 Å². The van der Waals surface area contributed by atoms with Gasteiger partial charge < -0.3 is 13.7 Å². The Kier molecular flexibility index (Phi) is 8.55. The van der Waals surface area contributed by atoms with Crippen LogP contribution in [-0.4, -0.2) is 44.9 Å². The zero-order chi connectivity index (χ0) is 27.2. The van der Waals surface area contributed by atoms with Gasteiger partial charge in [0.1, 0.15) is 11.4 Å². The van der Waals surface area contributed by atoms with Gasteiger partial charge in [-0.05, 0) is 49.0 Å². The number of aryl methyl sites for hydroxylation is 2. The SMILES string of the molecule is CCC=NC1=C(C(C)C)CCN(C(=O)c2oc(-c3cnn(C)c3)nc2CC)C1.Fc1cccc2occc12. The van der Waals surface area contributed by atoms with E-state index in [1.54, 1.807) is 29.1 Å². The van der Waals surface area contributed by atoms with Crippen LogP contribution in [-0.2, 0) is 13.5 Å². The van der Waals surface area contributed by atoms with E-state index in [1.807, 2.05) is 31.3 Å². The van der Waals surface area contributed by atoms with Gasteiger partial charge in [0, 0.05) is 26.0 Å². The fraction of sp³-hybridized carbons (Fsp3) is 0.379. The second-order valence-electron chi connectivity index (χ2n) is 9.45. The van der Waals surface area contributed by atoms with Gasteiger partial charge in [-0.3, -0.25) is 14.5 Å². The molecule has 0 saturated carbocycles. The molecule has 0 bridgehead atoms. The lowest BCUT2D eigenvalue weighted by molar-refractivity contribution is 0.0728. The Morgan fingerprint density at radius 1 is 1.26 bits per heavy atom. The Labute approximate surface area is 221 Å². The predicted octanol–water partition coefficient (Wildman–Crippen LogP) is 6.45. The van der Waals surface area contributed by atoms with Crippen molar-refractivity contribution in [1.82, 2.24) is 19.7 Å². The molecule has 9 heteroatoms. The number of aromatic nitrogens is 3. The van der Waals surface area contributed by atoms with Gasteiger partial charge in [-0.15, -0.1) is 0 Å². The summed E-state index contributed by atoms with van der Waals surface area (Å²) in [6, 6.07) is 6.39. The van der Waals surface area contributed by atoms with Crippen molar-refractivity contribution in [3.63, 3.8) is 0 Å². The molecule has 8 nitrogen and oxygen atoms in total. The zero-order valence-corrected chi connectivity index (χ0v) is 22.6. The molecule has 1 aliphatic heterocycles. The van der Waals surface area contributed by atoms with Crippen molar-refractivity contribution in [2.45, 2.75) is 47.0 Å². The molecule has 38 heavy (non-hydrogen) atoms. The van der Waals surface area contributed by atoms with E-state index in [-0.39, 0.29) is 11.7 Å². The maximum atomic E-state index is 13.2. The van der Waals surface area contributed by atoms with E-state index in [0.29, 0.717) is 53.7 Å². The summed E-state index contributed by atoms with van der Waals surface area (Å²) in [6.45, 7) is 9.58. The van der Waals surface area contributed by atoms with Gasteiger partial charge in [0.15, 0.2) is 0 Å². The van der Waals surface area contributed by atoms with E-state index in [4.69, 9.17) is 8.83 Å². The molecule has 0 fully saturated rings. The monoisotopic (exact) mass is 519 g/mol. The molecule has 0 aliphatic carbocycles. The van der Waals surface area contributed by atoms with Crippen LogP contribution in [0.4, 0.5) is 4.39 Å². The van der Waals surface area contributed by atoms with Crippen molar-refractivity contribution in [1.29, 1.82) is 0 Å². The van der Waals surface area contributed by atoms with Crippen LogP contribution < -0.4 is 0 Å². The van der Waals surface area contributed by atoms with Gasteiger partial charge in [-0.25, -0.2) is 9.37 Å². The maximum Gasteiger partial charge on any atom is 0.291 e. The molecule has 4 heterocycles. The number of furan rings is 1. The number of nitrogens with zero attached hydrogens (tertiary/aromatic N) is 5. The van der Waals surface area contributed by atoms with Crippen LogP contribution in [0.5, 0.6) is 0 Å². The van der Waals surface area contributed by atoms with Crippen molar-refractivity contribution in [3.8, 4) is 11.5 Å². The minimum absolute atomic E-state index is 0.119. The van der Waals surface area contributed by atoms with Crippen LogP contribution in [0.15, 0.2) is 68.0 Å². The minimum Gasteiger partial charge on any atom is -0.464 e. The number of fused-ring (bicyclic) bond motifs is 1. The van der Waals surface area contributed by atoms with Gasteiger partial charge in [0.2, 0.25) is 11.7 Å². The Morgan fingerprint density at radius 3 is 2.74 bits per heavy atom. The quantitative estimate of drug-likeness (QED) is 0.273. The van der Waals surface area contributed by atoms with Crippen molar-refractivity contribution in [2.24, 2.45) is 18.0 Å². The zero-order valence-electron chi connectivity index (χ0n) is 22.6. The topological polar surface area (TPSA) is 89.7 Å². The van der Waals surface area contributed by atoms with Crippen molar-refractivity contribution < 1.29 is 18.0 Å². The number of rotatable bonds is 6. The highest BCUT2D eigenvalue weighted by atomic mass is 19.1. The Hall–Kier alpha value is -4.01. The Morgan fingerprint density at radius 2 is 2.08 bits per heavy atom. The van der Waals surface area contributed by atoms with Crippen LogP contribution in [0.3, 0.4) is 0 Å². The molecule has 5 rings (SSSR count). The van der Waals surface area contributed by atoms with Gasteiger partial charge >= 0.3 is 0 Å². The van der Waals surface area contributed by atoms with Crippen LogP contribution >= 0.6 is 0 Å². The summed E-state index contributed by atoms with van der Waals surface area (Å²) in [5, 5.41) is 4.70. The number of halogens is 1. The smallest absolute Gasteiger partial charge is 0.291 e. The molecule has 1 aliphatic rings. The molecule has 4 aromatic rings. The molecule has 0 unspecified atom stereocenters. The molecule has 3 aromatic heterocycles. The van der Waals surface area contributed by atoms with Crippen molar-refractivity contribution in [2.75, 3.05) is 13.1 Å². The molecule has 200 valence electrons. The summed E-state index contributed by atoms with van der Waals surface area (Å²) < 4.78 is 25.3. The Balaban J connectivity index is 0.000000278. The highest BCUT2D eigenvalue weighted by molar-refractivity contribution is 5.93. The van der Waals surface area contributed by atoms with E-state index in [2.05, 4.69) is 35.8 Å². The first-order valence-corrected chi connectivity index (χ1v) is 13.0. The average Bonchev–Trinajstić information content (AvgIpc) is 3.67. The lowest BCUT2D eigenvalue weighted by atomic mass is 9.94. The number of hydrogen-bond acceptors (Lipinski definition) is 6. The van der Waals surface area contributed by atoms with Gasteiger partial charge in [-0.1, -0.05) is 33.8 Å². The van der Waals surface area contributed by atoms with E-state index < -0.39 is 0 Å². The minimum atomic E-state index is -0.230. The average molecular weight is 520 g/mol. The maximum absolute atomic E-state index is 13.2. The van der Waals surface area contributed by atoms with Crippen LogP contribution in [0.2, 0.25) is 0 Å². The van der Waals surface area contributed by atoms with Crippen molar-refractivity contribution >= 4 is 23.1 Å². The summed E-state index contributed by atoms with van der Waals surface area (Å²) in [5.74, 6) is 0.841. The molecule has 0 radical (unpaired) electrons. The van der Waals surface area contributed by atoms with E-state index in [1.165, 1.54) is 17.9 Å². The first kappa shape index (κ1) is 27.0. The third-order valence-electron chi connectivity index (χ3n) is 6.40. The first-order chi connectivity index (χ1) is 18.3. The number of aliphatic imine (C=N–C) groups is 1. The predicted molar refractivity (Wildman–Crippen MR) is 145 cm³/mol. The van der Waals surface area contributed by atoms with Crippen LogP contribution in [0, 0.1) is 11.7 Å². The second kappa shape index (κ2) is 12.0. The highest BCUT2D eigenvalue weighted by Gasteiger charge is 2.29. The molecule has 1 aromatic carbocycles. The number of benzene rings is 1. The summed E-state index contributed by atoms with van der Waals surface area (Å²) in [6.07, 6.45) is 9.26. The first-order valence-electron chi connectivity index (χ1n) is 13.0. The van der Waals surface area contributed by atoms with E-state index >= 15 is 0 Å². The normalized spacial score (nSPS) is 14.0. The number of oxazole rings is 1. The van der Waals surface area contributed by atoms with Gasteiger partial charge in [-0.2, -0.15) is 5.10 Å². The fourth-order valence-corrected chi connectivity index (χ4v) is 4.40. The summed E-state index contributed by atoms with van der Waals surface area (Å²) >= 11 is 0. The molecule has 0 spiro atoms. The van der Waals surface area contributed by atoms with Gasteiger partial charge in [0.05, 0.1) is 41.3 Å². The number of amides is 1. The summed E-state index contributed by atoms with van der Waals surface area (Å²) in [4.78, 5) is 24.2. The van der Waals surface area contributed by atoms with Gasteiger partial charge in [0.25, 0.3) is 5.91 Å². The molecule has 1 amide bonds. The molecule has 0 atom stereocenters. The van der Waals surface area contributed by atoms with Crippen molar-refractivity contribution in [3.05, 3.63) is 71.5 Å².